The van der Waals surface area contributed by atoms with Gasteiger partial charge >= 0.3 is 12.2 Å². The Labute approximate surface area is 218 Å². The Balaban J connectivity index is 1.58. The van der Waals surface area contributed by atoms with Crippen LogP contribution in [-0.2, 0) is 11.2 Å². The van der Waals surface area contributed by atoms with E-state index in [0.29, 0.717) is 31.2 Å². The molecule has 3 rings (SSSR count). The second-order valence-electron chi connectivity index (χ2n) is 10.4. The minimum atomic E-state index is -1.31. The number of aromatic nitrogens is 2. The van der Waals surface area contributed by atoms with Crippen molar-refractivity contribution >= 4 is 18.1 Å². The molecule has 2 aromatic rings. The van der Waals surface area contributed by atoms with E-state index in [-0.39, 0.29) is 11.9 Å². The first kappa shape index (κ1) is 28.1. The van der Waals surface area contributed by atoms with Crippen LogP contribution in [-0.4, -0.2) is 57.0 Å². The molecule has 1 aliphatic rings. The van der Waals surface area contributed by atoms with Gasteiger partial charge in [0, 0.05) is 18.7 Å². The van der Waals surface area contributed by atoms with Gasteiger partial charge in [-0.1, -0.05) is 68.4 Å². The predicted molar refractivity (Wildman–Crippen MR) is 141 cm³/mol. The molecule has 10 nitrogen and oxygen atoms in total. The molecule has 0 saturated carbocycles. The summed E-state index contributed by atoms with van der Waals surface area (Å²) in [7, 11) is 0. The number of nitrogens with zero attached hydrogens (tertiary/aromatic N) is 4. The van der Waals surface area contributed by atoms with Crippen molar-refractivity contribution in [3.63, 3.8) is 0 Å². The standard InChI is InChI=1S/C27H39N5O5/c1-5-6-7-8-9-10-11-19-12-14-20(15-13-19)22-28-23(37-31-22)21-16-17-32(18-21)24(29-25(33)34)30-26(35)36-27(2,3)4/h12-15,21H,5-11,16-18H2,1-4H3,(H,33,34)(H,29,30,35). The molecule has 0 spiro atoms. The number of benzene rings is 1. The molecule has 1 aromatic heterocycles. The van der Waals surface area contributed by atoms with Crippen LogP contribution >= 0.6 is 0 Å². The van der Waals surface area contributed by atoms with Gasteiger partial charge in [0.2, 0.25) is 17.7 Å². The van der Waals surface area contributed by atoms with Crippen LogP contribution in [0.5, 0.6) is 0 Å². The molecule has 0 bridgehead atoms. The minimum absolute atomic E-state index is 0.0788. The number of guanidine groups is 1. The van der Waals surface area contributed by atoms with Crippen LogP contribution < -0.4 is 5.32 Å². The van der Waals surface area contributed by atoms with E-state index in [4.69, 9.17) is 9.26 Å². The number of carbonyl (C=O) groups is 2. The first-order chi connectivity index (χ1) is 17.6. The van der Waals surface area contributed by atoms with Gasteiger partial charge in [0.25, 0.3) is 0 Å². The summed E-state index contributed by atoms with van der Waals surface area (Å²) in [6.45, 7) is 8.22. The normalized spacial score (nSPS) is 16.2. The second-order valence-corrected chi connectivity index (χ2v) is 10.4. The van der Waals surface area contributed by atoms with Gasteiger partial charge in [0.05, 0.1) is 5.92 Å². The predicted octanol–water partition coefficient (Wildman–Crippen LogP) is 5.99. The second kappa shape index (κ2) is 13.2. The Kier molecular flexibility index (Phi) is 10.0. The summed E-state index contributed by atoms with van der Waals surface area (Å²) in [5, 5.41) is 15.6. The molecule has 2 heterocycles. The molecule has 1 unspecified atom stereocenters. The number of aliphatic imine (C=N–C) groups is 1. The average molecular weight is 514 g/mol. The van der Waals surface area contributed by atoms with Gasteiger partial charge in [-0.3, -0.25) is 5.32 Å². The molecule has 1 saturated heterocycles. The molecule has 1 aliphatic heterocycles. The molecule has 10 heteroatoms. The van der Waals surface area contributed by atoms with Crippen LogP contribution in [0.4, 0.5) is 9.59 Å². The molecule has 1 atom stereocenters. The number of carbonyl (C=O) groups excluding carboxylic acids is 1. The number of hydrogen-bond acceptors (Lipinski definition) is 6. The maximum atomic E-state index is 12.1. The Morgan fingerprint density at radius 2 is 1.86 bits per heavy atom. The number of amides is 2. The van der Waals surface area contributed by atoms with Crippen molar-refractivity contribution in [3.05, 3.63) is 35.7 Å². The molecule has 37 heavy (non-hydrogen) atoms. The van der Waals surface area contributed by atoms with Crippen LogP contribution in [0.15, 0.2) is 33.8 Å². The summed E-state index contributed by atoms with van der Waals surface area (Å²) < 4.78 is 10.7. The zero-order valence-electron chi connectivity index (χ0n) is 22.3. The highest BCUT2D eigenvalue weighted by molar-refractivity contribution is 5.98. The number of rotatable bonds is 9. The van der Waals surface area contributed by atoms with E-state index in [0.717, 1.165) is 12.0 Å². The third kappa shape index (κ3) is 9.18. The summed E-state index contributed by atoms with van der Waals surface area (Å²) in [4.78, 5) is 33.5. The number of unbranched alkanes of at least 4 members (excludes halogenated alkanes) is 5. The lowest BCUT2D eigenvalue weighted by Gasteiger charge is -2.21. The molecule has 0 aliphatic carbocycles. The zero-order valence-corrected chi connectivity index (χ0v) is 22.3. The van der Waals surface area contributed by atoms with Crippen molar-refractivity contribution in [2.75, 3.05) is 13.1 Å². The van der Waals surface area contributed by atoms with E-state index in [2.05, 4.69) is 39.5 Å². The first-order valence-electron chi connectivity index (χ1n) is 13.1. The maximum Gasteiger partial charge on any atom is 0.437 e. The van der Waals surface area contributed by atoms with Crippen molar-refractivity contribution in [1.82, 2.24) is 20.4 Å². The van der Waals surface area contributed by atoms with Crippen LogP contribution in [0.1, 0.15) is 90.0 Å². The largest absolute Gasteiger partial charge is 0.465 e. The van der Waals surface area contributed by atoms with Crippen LogP contribution in [0.3, 0.4) is 0 Å². The molecule has 1 aromatic carbocycles. The third-order valence-corrected chi connectivity index (χ3v) is 6.12. The third-order valence-electron chi connectivity index (χ3n) is 6.12. The molecular formula is C27H39N5O5. The number of aryl methyl sites for hydroxylation is 1. The Morgan fingerprint density at radius 1 is 1.16 bits per heavy atom. The highest BCUT2D eigenvalue weighted by atomic mass is 16.6. The summed E-state index contributed by atoms with van der Waals surface area (Å²) in [6.07, 6.45) is 7.21. The van der Waals surface area contributed by atoms with Crippen LogP contribution in [0, 0.1) is 0 Å². The van der Waals surface area contributed by atoms with Gasteiger partial charge in [-0.2, -0.15) is 4.98 Å². The molecule has 0 radical (unpaired) electrons. The number of ether oxygens (including phenoxy) is 1. The Morgan fingerprint density at radius 3 is 2.54 bits per heavy atom. The van der Waals surface area contributed by atoms with Crippen molar-refractivity contribution < 1.29 is 24.0 Å². The monoisotopic (exact) mass is 513 g/mol. The smallest absolute Gasteiger partial charge is 0.437 e. The molecule has 1 fully saturated rings. The van der Waals surface area contributed by atoms with Gasteiger partial charge in [0.1, 0.15) is 5.60 Å². The molecule has 2 amide bonds. The van der Waals surface area contributed by atoms with E-state index >= 15 is 0 Å². The summed E-state index contributed by atoms with van der Waals surface area (Å²) in [6, 6.07) is 8.27. The summed E-state index contributed by atoms with van der Waals surface area (Å²) in [5.41, 5.74) is 1.45. The topological polar surface area (TPSA) is 130 Å². The minimum Gasteiger partial charge on any atom is -0.465 e. The zero-order chi connectivity index (χ0) is 26.8. The van der Waals surface area contributed by atoms with Gasteiger partial charge in [-0.25, -0.2) is 9.59 Å². The van der Waals surface area contributed by atoms with Crippen molar-refractivity contribution in [2.45, 2.75) is 90.6 Å². The van der Waals surface area contributed by atoms with E-state index in [9.17, 15) is 14.7 Å². The average Bonchev–Trinajstić information content (AvgIpc) is 3.50. The van der Waals surface area contributed by atoms with Crippen molar-refractivity contribution in [1.29, 1.82) is 0 Å². The Bertz CT molecular complexity index is 1060. The van der Waals surface area contributed by atoms with Crippen molar-refractivity contribution in [3.8, 4) is 11.4 Å². The number of carboxylic acid groups (broad SMARTS) is 1. The maximum absolute atomic E-state index is 12.1. The van der Waals surface area contributed by atoms with Gasteiger partial charge in [-0.05, 0) is 45.6 Å². The number of nitrogens with one attached hydrogen (secondary N) is 1. The van der Waals surface area contributed by atoms with Crippen LogP contribution in [0.25, 0.3) is 11.4 Å². The molecule has 2 N–H and O–H groups in total. The van der Waals surface area contributed by atoms with E-state index in [1.807, 2.05) is 12.1 Å². The Hall–Kier alpha value is -3.43. The van der Waals surface area contributed by atoms with Gasteiger partial charge < -0.3 is 19.3 Å². The number of likely N-dealkylation sites (tertiary alicyclic amines) is 1. The SMILES string of the molecule is CCCCCCCCc1ccc(-c2noc(C3CCN(C(=NC(=O)OC(C)(C)C)NC(=O)O)C3)n2)cc1. The lowest BCUT2D eigenvalue weighted by molar-refractivity contribution is 0.0601. The van der Waals surface area contributed by atoms with E-state index in [1.165, 1.54) is 44.1 Å². The summed E-state index contributed by atoms with van der Waals surface area (Å²) in [5.74, 6) is 0.795. The van der Waals surface area contributed by atoms with E-state index in [1.54, 1.807) is 25.7 Å². The van der Waals surface area contributed by atoms with Crippen molar-refractivity contribution in [2.24, 2.45) is 4.99 Å². The molecular weight excluding hydrogens is 474 g/mol. The van der Waals surface area contributed by atoms with Crippen LogP contribution in [0.2, 0.25) is 0 Å². The highest BCUT2D eigenvalue weighted by Gasteiger charge is 2.32. The highest BCUT2D eigenvalue weighted by Crippen LogP contribution is 2.28. The lowest BCUT2D eigenvalue weighted by Crippen LogP contribution is -2.43. The van der Waals surface area contributed by atoms with E-state index < -0.39 is 17.8 Å². The fourth-order valence-corrected chi connectivity index (χ4v) is 4.25. The summed E-state index contributed by atoms with van der Waals surface area (Å²) >= 11 is 0. The van der Waals surface area contributed by atoms with Gasteiger partial charge in [-0.15, -0.1) is 4.99 Å². The number of hydrogen-bond donors (Lipinski definition) is 2. The quantitative estimate of drug-likeness (QED) is 0.238. The lowest BCUT2D eigenvalue weighted by atomic mass is 10.0. The van der Waals surface area contributed by atoms with Gasteiger partial charge in [0.15, 0.2) is 0 Å². The first-order valence-corrected chi connectivity index (χ1v) is 13.1. The fraction of sp³-hybridized carbons (Fsp3) is 0.593. The fourth-order valence-electron chi connectivity index (χ4n) is 4.25. The molecule has 202 valence electrons.